The van der Waals surface area contributed by atoms with Gasteiger partial charge in [0.1, 0.15) is 5.92 Å². The van der Waals surface area contributed by atoms with Crippen molar-refractivity contribution in [1.82, 2.24) is 10.6 Å². The van der Waals surface area contributed by atoms with E-state index in [1.54, 1.807) is 6.07 Å². The second-order valence-electron chi connectivity index (χ2n) is 6.29. The second kappa shape index (κ2) is 7.96. The van der Waals surface area contributed by atoms with Crippen molar-refractivity contribution in [2.24, 2.45) is 5.92 Å². The molecule has 1 saturated heterocycles. The summed E-state index contributed by atoms with van der Waals surface area (Å²) in [7, 11) is 0. The predicted molar refractivity (Wildman–Crippen MR) is 104 cm³/mol. The fraction of sp³-hybridized carbons (Fsp3) is 0.158. The average molecular weight is 444 g/mol. The van der Waals surface area contributed by atoms with Crippen molar-refractivity contribution in [3.8, 4) is 0 Å². The fourth-order valence-corrected chi connectivity index (χ4v) is 3.33. The van der Waals surface area contributed by atoms with Crippen molar-refractivity contribution in [3.05, 3.63) is 75.9 Å². The van der Waals surface area contributed by atoms with Crippen molar-refractivity contribution in [2.75, 3.05) is 5.32 Å². The molecule has 3 rings (SSSR count). The summed E-state index contributed by atoms with van der Waals surface area (Å²) in [6, 6.07) is 7.60. The molecule has 29 heavy (non-hydrogen) atoms. The van der Waals surface area contributed by atoms with Crippen molar-refractivity contribution < 1.29 is 22.8 Å². The monoisotopic (exact) mass is 443 g/mol. The van der Waals surface area contributed by atoms with E-state index in [9.17, 15) is 22.8 Å². The van der Waals surface area contributed by atoms with Crippen LogP contribution in [0.5, 0.6) is 0 Å². The molecule has 0 saturated carbocycles. The molecule has 0 spiro atoms. The van der Waals surface area contributed by atoms with Gasteiger partial charge in [-0.15, -0.1) is 0 Å². The summed E-state index contributed by atoms with van der Waals surface area (Å²) in [5.41, 5.74) is -0.910. The van der Waals surface area contributed by atoms with E-state index in [2.05, 4.69) is 22.5 Å². The lowest BCUT2D eigenvalue weighted by Gasteiger charge is -2.34. The number of urea groups is 1. The first-order valence-corrected chi connectivity index (χ1v) is 9.02. The van der Waals surface area contributed by atoms with E-state index in [-0.39, 0.29) is 15.7 Å². The van der Waals surface area contributed by atoms with Gasteiger partial charge >= 0.3 is 12.2 Å². The normalized spacial score (nSPS) is 19.3. The number of carbonyl (C=O) groups is 2. The standard InChI is InChI=1S/C19H14Cl2F3N3O2/c1-9-15(17(28)26-14-5-3-2-4-11(14)19(22,23)24)16(27-18(29)25-9)10-6-7-12(20)13(21)8-10/h2-8,15-16H,1H2,(H,26,28)(H2,25,27,29)/t15-,16+/m1/s1. The lowest BCUT2D eigenvalue weighted by molar-refractivity contribution is -0.137. The van der Waals surface area contributed by atoms with E-state index in [0.29, 0.717) is 5.56 Å². The number of carbonyl (C=O) groups excluding carboxylic acids is 2. The van der Waals surface area contributed by atoms with Crippen LogP contribution in [-0.4, -0.2) is 11.9 Å². The number of anilines is 1. The molecule has 3 amide bonds. The summed E-state index contributed by atoms with van der Waals surface area (Å²) >= 11 is 11.9. The molecule has 1 fully saturated rings. The van der Waals surface area contributed by atoms with Crippen LogP contribution in [0, 0.1) is 5.92 Å². The van der Waals surface area contributed by atoms with Crippen LogP contribution in [0.25, 0.3) is 0 Å². The SMILES string of the molecule is C=C1NC(=O)N[C@@H](c2ccc(Cl)c(Cl)c2)[C@@H]1C(=O)Nc1ccccc1C(F)(F)F. The molecule has 152 valence electrons. The number of hydrogen-bond acceptors (Lipinski definition) is 2. The smallest absolute Gasteiger partial charge is 0.330 e. The van der Waals surface area contributed by atoms with Gasteiger partial charge < -0.3 is 16.0 Å². The second-order valence-corrected chi connectivity index (χ2v) is 7.10. The first-order valence-electron chi connectivity index (χ1n) is 8.26. The molecule has 3 N–H and O–H groups in total. The van der Waals surface area contributed by atoms with E-state index in [1.165, 1.54) is 24.3 Å². The minimum Gasteiger partial charge on any atom is -0.330 e. The van der Waals surface area contributed by atoms with Gasteiger partial charge in [-0.25, -0.2) is 4.79 Å². The van der Waals surface area contributed by atoms with E-state index < -0.39 is 41.3 Å². The van der Waals surface area contributed by atoms with Gasteiger partial charge in [-0.3, -0.25) is 4.79 Å². The van der Waals surface area contributed by atoms with Crippen molar-refractivity contribution >= 4 is 40.8 Å². The largest absolute Gasteiger partial charge is 0.418 e. The Morgan fingerprint density at radius 3 is 2.45 bits per heavy atom. The molecule has 0 radical (unpaired) electrons. The first kappa shape index (κ1) is 21.0. The number of rotatable bonds is 3. The maximum Gasteiger partial charge on any atom is 0.418 e. The van der Waals surface area contributed by atoms with Gasteiger partial charge in [0.2, 0.25) is 5.91 Å². The van der Waals surface area contributed by atoms with Crippen LogP contribution in [0.2, 0.25) is 10.0 Å². The minimum atomic E-state index is -4.65. The number of nitrogens with one attached hydrogen (secondary N) is 3. The summed E-state index contributed by atoms with van der Waals surface area (Å²) in [5, 5.41) is 7.71. The minimum absolute atomic E-state index is 0.0341. The Bertz CT molecular complexity index is 995. The lowest BCUT2D eigenvalue weighted by Crippen LogP contribution is -2.51. The fourth-order valence-electron chi connectivity index (χ4n) is 3.03. The highest BCUT2D eigenvalue weighted by Crippen LogP contribution is 2.37. The Morgan fingerprint density at radius 2 is 1.79 bits per heavy atom. The molecule has 1 aliphatic heterocycles. The van der Waals surface area contributed by atoms with Gasteiger partial charge in [-0.05, 0) is 29.8 Å². The predicted octanol–water partition coefficient (Wildman–Crippen LogP) is 5.13. The summed E-state index contributed by atoms with van der Waals surface area (Å²) in [6.07, 6.45) is -4.65. The maximum atomic E-state index is 13.2. The zero-order chi connectivity index (χ0) is 21.3. The lowest BCUT2D eigenvalue weighted by atomic mass is 9.88. The van der Waals surface area contributed by atoms with Gasteiger partial charge in [-0.2, -0.15) is 13.2 Å². The van der Waals surface area contributed by atoms with E-state index in [0.717, 1.165) is 12.1 Å². The molecule has 1 aliphatic rings. The number of amides is 3. The molecule has 0 aliphatic carbocycles. The molecule has 0 aromatic heterocycles. The molecule has 2 aromatic rings. The van der Waals surface area contributed by atoms with Crippen molar-refractivity contribution in [1.29, 1.82) is 0 Å². The summed E-state index contributed by atoms with van der Waals surface area (Å²) in [5.74, 6) is -1.89. The van der Waals surface area contributed by atoms with Crippen LogP contribution in [-0.2, 0) is 11.0 Å². The Hall–Kier alpha value is -2.71. The number of halogens is 5. The summed E-state index contributed by atoms with van der Waals surface area (Å²) in [4.78, 5) is 24.8. The van der Waals surface area contributed by atoms with Crippen LogP contribution in [0.3, 0.4) is 0 Å². The zero-order valence-electron chi connectivity index (χ0n) is 14.6. The van der Waals surface area contributed by atoms with Crippen LogP contribution in [0.4, 0.5) is 23.7 Å². The Labute approximate surface area is 173 Å². The third kappa shape index (κ3) is 4.49. The first-order chi connectivity index (χ1) is 13.6. The molecule has 5 nitrogen and oxygen atoms in total. The van der Waals surface area contributed by atoms with Gasteiger partial charge in [0.05, 0.1) is 27.3 Å². The van der Waals surface area contributed by atoms with Gasteiger partial charge in [0.15, 0.2) is 0 Å². The third-order valence-electron chi connectivity index (χ3n) is 4.35. The molecule has 0 bridgehead atoms. The molecule has 1 heterocycles. The maximum absolute atomic E-state index is 13.2. The topological polar surface area (TPSA) is 70.2 Å². The van der Waals surface area contributed by atoms with Crippen molar-refractivity contribution in [2.45, 2.75) is 12.2 Å². The molecular weight excluding hydrogens is 430 g/mol. The Balaban J connectivity index is 1.96. The zero-order valence-corrected chi connectivity index (χ0v) is 16.1. The average Bonchev–Trinajstić information content (AvgIpc) is 2.62. The molecule has 2 aromatic carbocycles. The molecular formula is C19H14Cl2F3N3O2. The van der Waals surface area contributed by atoms with Crippen molar-refractivity contribution in [3.63, 3.8) is 0 Å². The number of hydrogen-bond donors (Lipinski definition) is 3. The van der Waals surface area contributed by atoms with E-state index in [1.807, 2.05) is 0 Å². The molecule has 0 unspecified atom stereocenters. The number of alkyl halides is 3. The van der Waals surface area contributed by atoms with E-state index in [4.69, 9.17) is 23.2 Å². The summed E-state index contributed by atoms with van der Waals surface area (Å²) < 4.78 is 39.7. The van der Waals surface area contributed by atoms with E-state index >= 15 is 0 Å². The van der Waals surface area contributed by atoms with Gasteiger partial charge in [0, 0.05) is 5.70 Å². The van der Waals surface area contributed by atoms with Crippen LogP contribution >= 0.6 is 23.2 Å². The summed E-state index contributed by atoms with van der Waals surface area (Å²) in [6.45, 7) is 3.68. The van der Waals surface area contributed by atoms with Gasteiger partial charge in [-0.1, -0.05) is 48.0 Å². The highest BCUT2D eigenvalue weighted by molar-refractivity contribution is 6.42. The number of para-hydroxylation sites is 1. The third-order valence-corrected chi connectivity index (χ3v) is 5.08. The quantitative estimate of drug-likeness (QED) is 0.614. The molecule has 2 atom stereocenters. The van der Waals surface area contributed by atoms with Crippen LogP contribution in [0.15, 0.2) is 54.7 Å². The van der Waals surface area contributed by atoms with Gasteiger partial charge in [0.25, 0.3) is 0 Å². The van der Waals surface area contributed by atoms with Crippen LogP contribution < -0.4 is 16.0 Å². The molecule has 10 heteroatoms. The Kier molecular flexibility index (Phi) is 5.77. The Morgan fingerprint density at radius 1 is 1.10 bits per heavy atom. The number of benzene rings is 2. The highest BCUT2D eigenvalue weighted by Gasteiger charge is 2.39. The highest BCUT2D eigenvalue weighted by atomic mass is 35.5. The van der Waals surface area contributed by atoms with Crippen LogP contribution in [0.1, 0.15) is 17.2 Å².